The lowest BCUT2D eigenvalue weighted by molar-refractivity contribution is -0.137. The first kappa shape index (κ1) is 22.6. The van der Waals surface area contributed by atoms with E-state index in [2.05, 4.69) is 6.07 Å². The standard InChI is InChI=1S/C23H25F3N4O/c1-18(22(31)30(12-6-11-27)20-8-3-2-4-9-20)28-13-15-29(16-14-28)21-10-5-7-19(17-21)23(24,25)26/h2-5,7-10,17-18H,6,12-16H2,1H3. The molecule has 1 amide bonds. The van der Waals surface area contributed by atoms with Gasteiger partial charge in [0.1, 0.15) is 0 Å². The molecular weight excluding hydrogens is 405 g/mol. The summed E-state index contributed by atoms with van der Waals surface area (Å²) in [4.78, 5) is 18.8. The molecular formula is C23H25F3N4O. The van der Waals surface area contributed by atoms with Gasteiger partial charge in [-0.2, -0.15) is 18.4 Å². The molecule has 0 aliphatic carbocycles. The van der Waals surface area contributed by atoms with Crippen LogP contribution in [0, 0.1) is 11.3 Å². The Kier molecular flexibility index (Phi) is 7.18. The smallest absolute Gasteiger partial charge is 0.369 e. The number of nitrogens with zero attached hydrogens (tertiary/aromatic N) is 4. The number of carbonyl (C=O) groups is 1. The molecule has 1 fully saturated rings. The average molecular weight is 430 g/mol. The maximum absolute atomic E-state index is 13.2. The third-order valence-electron chi connectivity index (χ3n) is 5.54. The minimum atomic E-state index is -4.37. The number of piperazine rings is 1. The number of hydrogen-bond acceptors (Lipinski definition) is 4. The molecule has 31 heavy (non-hydrogen) atoms. The average Bonchev–Trinajstić information content (AvgIpc) is 2.79. The topological polar surface area (TPSA) is 50.6 Å². The summed E-state index contributed by atoms with van der Waals surface area (Å²) in [5, 5.41) is 8.96. The van der Waals surface area contributed by atoms with E-state index in [0.29, 0.717) is 38.4 Å². The van der Waals surface area contributed by atoms with Crippen LogP contribution in [0.3, 0.4) is 0 Å². The van der Waals surface area contributed by atoms with E-state index >= 15 is 0 Å². The molecule has 1 saturated heterocycles. The molecule has 0 saturated carbocycles. The van der Waals surface area contributed by atoms with Gasteiger partial charge >= 0.3 is 6.18 Å². The second kappa shape index (κ2) is 9.84. The molecule has 0 radical (unpaired) electrons. The van der Waals surface area contributed by atoms with Gasteiger partial charge in [-0.3, -0.25) is 9.69 Å². The number of carbonyl (C=O) groups excluding carboxylic acids is 1. The van der Waals surface area contributed by atoms with Gasteiger partial charge in [-0.25, -0.2) is 0 Å². The molecule has 0 aromatic heterocycles. The van der Waals surface area contributed by atoms with E-state index < -0.39 is 17.8 Å². The van der Waals surface area contributed by atoms with Gasteiger partial charge in [0.15, 0.2) is 0 Å². The summed E-state index contributed by atoms with van der Waals surface area (Å²) in [6, 6.07) is 16.3. The Morgan fingerprint density at radius 3 is 2.39 bits per heavy atom. The molecule has 1 unspecified atom stereocenters. The third kappa shape index (κ3) is 5.56. The zero-order valence-corrected chi connectivity index (χ0v) is 17.3. The maximum atomic E-state index is 13.2. The van der Waals surface area contributed by atoms with E-state index in [1.807, 2.05) is 47.1 Å². The highest BCUT2D eigenvalue weighted by Gasteiger charge is 2.32. The lowest BCUT2D eigenvalue weighted by atomic mass is 10.1. The first-order valence-corrected chi connectivity index (χ1v) is 10.2. The van der Waals surface area contributed by atoms with Crippen LogP contribution in [0.4, 0.5) is 24.5 Å². The molecule has 0 bridgehead atoms. The Labute approximate surface area is 180 Å². The van der Waals surface area contributed by atoms with Gasteiger partial charge in [0.05, 0.1) is 24.1 Å². The first-order valence-electron chi connectivity index (χ1n) is 10.2. The summed E-state index contributed by atoms with van der Waals surface area (Å²) in [6.45, 7) is 4.33. The molecule has 0 spiro atoms. The van der Waals surface area contributed by atoms with E-state index in [-0.39, 0.29) is 12.3 Å². The van der Waals surface area contributed by atoms with Crippen molar-refractivity contribution in [3.63, 3.8) is 0 Å². The Bertz CT molecular complexity index is 918. The van der Waals surface area contributed by atoms with Crippen molar-refractivity contribution in [2.45, 2.75) is 25.6 Å². The number of hydrogen-bond donors (Lipinski definition) is 0. The Balaban J connectivity index is 1.66. The second-order valence-electron chi connectivity index (χ2n) is 7.48. The van der Waals surface area contributed by atoms with Crippen molar-refractivity contribution < 1.29 is 18.0 Å². The Morgan fingerprint density at radius 2 is 1.77 bits per heavy atom. The highest BCUT2D eigenvalue weighted by molar-refractivity contribution is 5.97. The van der Waals surface area contributed by atoms with Crippen LogP contribution in [-0.2, 0) is 11.0 Å². The van der Waals surface area contributed by atoms with Crippen molar-refractivity contribution in [3.05, 3.63) is 60.2 Å². The van der Waals surface area contributed by atoms with E-state index in [1.54, 1.807) is 11.0 Å². The highest BCUT2D eigenvalue weighted by Crippen LogP contribution is 2.32. The molecule has 1 aliphatic heterocycles. The van der Waals surface area contributed by atoms with Gasteiger partial charge in [0.25, 0.3) is 0 Å². The molecule has 8 heteroatoms. The molecule has 0 N–H and O–H groups in total. The van der Waals surface area contributed by atoms with E-state index in [1.165, 1.54) is 12.1 Å². The number of anilines is 2. The van der Waals surface area contributed by atoms with Gasteiger partial charge in [0, 0.05) is 44.1 Å². The van der Waals surface area contributed by atoms with Crippen LogP contribution in [0.25, 0.3) is 0 Å². The number of amides is 1. The van der Waals surface area contributed by atoms with Gasteiger partial charge in [-0.05, 0) is 37.3 Å². The summed E-state index contributed by atoms with van der Waals surface area (Å²) >= 11 is 0. The zero-order valence-electron chi connectivity index (χ0n) is 17.3. The van der Waals surface area contributed by atoms with Crippen LogP contribution in [0.15, 0.2) is 54.6 Å². The summed E-state index contributed by atoms with van der Waals surface area (Å²) in [5.41, 5.74) is 0.623. The fraction of sp³-hybridized carbons (Fsp3) is 0.391. The van der Waals surface area contributed by atoms with E-state index in [9.17, 15) is 18.0 Å². The summed E-state index contributed by atoms with van der Waals surface area (Å²) < 4.78 is 39.0. The summed E-state index contributed by atoms with van der Waals surface area (Å²) in [5.74, 6) is -0.0889. The highest BCUT2D eigenvalue weighted by atomic mass is 19.4. The van der Waals surface area contributed by atoms with Gasteiger partial charge < -0.3 is 9.80 Å². The Hall–Kier alpha value is -3.05. The molecule has 2 aromatic carbocycles. The first-order chi connectivity index (χ1) is 14.8. The summed E-state index contributed by atoms with van der Waals surface area (Å²) in [6.07, 6.45) is -4.14. The quantitative estimate of drug-likeness (QED) is 0.691. The van der Waals surface area contributed by atoms with Crippen molar-refractivity contribution >= 4 is 17.3 Å². The van der Waals surface area contributed by atoms with Crippen LogP contribution >= 0.6 is 0 Å². The minimum Gasteiger partial charge on any atom is -0.369 e. The molecule has 5 nitrogen and oxygen atoms in total. The SMILES string of the molecule is CC(C(=O)N(CCC#N)c1ccccc1)N1CCN(c2cccc(C(F)(F)F)c2)CC1. The van der Waals surface area contributed by atoms with Crippen molar-refractivity contribution in [3.8, 4) is 6.07 Å². The van der Waals surface area contributed by atoms with Gasteiger partial charge in [-0.15, -0.1) is 0 Å². The van der Waals surface area contributed by atoms with Crippen molar-refractivity contribution in [1.82, 2.24) is 4.90 Å². The zero-order chi connectivity index (χ0) is 22.4. The molecule has 1 atom stereocenters. The predicted octanol–water partition coefficient (Wildman–Crippen LogP) is 4.16. The Morgan fingerprint density at radius 1 is 1.10 bits per heavy atom. The fourth-order valence-electron chi connectivity index (χ4n) is 3.76. The molecule has 3 rings (SSSR count). The third-order valence-corrected chi connectivity index (χ3v) is 5.54. The van der Waals surface area contributed by atoms with Crippen LogP contribution in [0.1, 0.15) is 18.9 Å². The van der Waals surface area contributed by atoms with Crippen LogP contribution < -0.4 is 9.80 Å². The van der Waals surface area contributed by atoms with Crippen LogP contribution in [-0.4, -0.2) is 49.6 Å². The lowest BCUT2D eigenvalue weighted by Crippen LogP contribution is -2.55. The van der Waals surface area contributed by atoms with Gasteiger partial charge in [-0.1, -0.05) is 24.3 Å². The number of alkyl halides is 3. The van der Waals surface area contributed by atoms with Crippen molar-refractivity contribution in [2.24, 2.45) is 0 Å². The van der Waals surface area contributed by atoms with E-state index in [0.717, 1.165) is 11.8 Å². The van der Waals surface area contributed by atoms with E-state index in [4.69, 9.17) is 5.26 Å². The lowest BCUT2D eigenvalue weighted by Gasteiger charge is -2.40. The maximum Gasteiger partial charge on any atom is 0.416 e. The number of benzene rings is 2. The minimum absolute atomic E-state index is 0.0889. The number of rotatable bonds is 6. The molecule has 1 aliphatic rings. The number of nitriles is 1. The molecule has 1 heterocycles. The number of halogens is 3. The second-order valence-corrected chi connectivity index (χ2v) is 7.48. The van der Waals surface area contributed by atoms with Crippen molar-refractivity contribution in [1.29, 1.82) is 5.26 Å². The number of para-hydroxylation sites is 1. The van der Waals surface area contributed by atoms with Crippen molar-refractivity contribution in [2.75, 3.05) is 42.5 Å². The predicted molar refractivity (Wildman–Crippen MR) is 114 cm³/mol. The summed E-state index contributed by atoms with van der Waals surface area (Å²) in [7, 11) is 0. The largest absolute Gasteiger partial charge is 0.416 e. The fourth-order valence-corrected chi connectivity index (χ4v) is 3.76. The molecule has 164 valence electrons. The normalized spacial score (nSPS) is 15.9. The van der Waals surface area contributed by atoms with Gasteiger partial charge in [0.2, 0.25) is 5.91 Å². The molecule has 2 aromatic rings. The van der Waals surface area contributed by atoms with Crippen LogP contribution in [0.5, 0.6) is 0 Å². The van der Waals surface area contributed by atoms with Crippen LogP contribution in [0.2, 0.25) is 0 Å². The monoisotopic (exact) mass is 430 g/mol.